The summed E-state index contributed by atoms with van der Waals surface area (Å²) in [5.74, 6) is 0.535. The number of carbonyl (C=O) groups is 1. The molecule has 1 aromatic heterocycles. The number of anilines is 2. The number of carbonyl (C=O) groups excluding carboxylic acids is 1. The van der Waals surface area contributed by atoms with E-state index in [1.807, 2.05) is 6.26 Å². The summed E-state index contributed by atoms with van der Waals surface area (Å²) in [7, 11) is 5.25. The first-order valence-corrected chi connectivity index (χ1v) is 8.95. The molecule has 1 amide bonds. The lowest BCUT2D eigenvalue weighted by molar-refractivity contribution is 0.0833. The number of nitrogens with two attached hydrogens (primary N) is 1. The number of hydrogen-bond donors (Lipinski definition) is 1. The van der Waals surface area contributed by atoms with E-state index < -0.39 is 0 Å². The Morgan fingerprint density at radius 1 is 1.57 bits per heavy atom. The highest BCUT2D eigenvalue weighted by Crippen LogP contribution is 2.45. The van der Waals surface area contributed by atoms with Crippen molar-refractivity contribution in [2.45, 2.75) is 11.3 Å². The first-order chi connectivity index (χ1) is 9.99. The summed E-state index contributed by atoms with van der Waals surface area (Å²) in [5, 5.41) is 1.13. The van der Waals surface area contributed by atoms with Crippen LogP contribution in [0.25, 0.3) is 0 Å². The first-order valence-electron chi connectivity index (χ1n) is 6.91. The van der Waals surface area contributed by atoms with E-state index in [0.29, 0.717) is 16.5 Å². The summed E-state index contributed by atoms with van der Waals surface area (Å²) >= 11 is 3.13. The van der Waals surface area contributed by atoms with E-state index in [1.165, 1.54) is 11.3 Å². The molecule has 7 heteroatoms. The monoisotopic (exact) mass is 329 g/mol. The van der Waals surface area contributed by atoms with E-state index in [0.717, 1.165) is 36.0 Å². The maximum absolute atomic E-state index is 12.2. The molecule has 1 aliphatic heterocycles. The molecule has 2 rings (SSSR count). The van der Waals surface area contributed by atoms with Gasteiger partial charge >= 0.3 is 0 Å². The highest BCUT2D eigenvalue weighted by molar-refractivity contribution is 7.99. The number of nitrogen functional groups attached to an aromatic ring is 1. The van der Waals surface area contributed by atoms with Crippen LogP contribution in [0.2, 0.25) is 0 Å². The average Bonchev–Trinajstić information content (AvgIpc) is 3.02. The van der Waals surface area contributed by atoms with Gasteiger partial charge in [0, 0.05) is 40.2 Å². The highest BCUT2D eigenvalue weighted by atomic mass is 32.2. The number of thioether (sulfide) groups is 1. The summed E-state index contributed by atoms with van der Waals surface area (Å²) in [6.07, 6.45) is 3.13. The van der Waals surface area contributed by atoms with Crippen molar-refractivity contribution < 1.29 is 9.53 Å². The number of hydrogen-bond acceptors (Lipinski definition) is 6. The van der Waals surface area contributed by atoms with Gasteiger partial charge in [-0.2, -0.15) is 0 Å². The Morgan fingerprint density at radius 2 is 2.29 bits per heavy atom. The zero-order valence-corrected chi connectivity index (χ0v) is 14.6. The SMILES string of the molecule is COCC1CCN(c2sc(C(=O)N(C)C)c(N)c2SC)C1. The molecular weight excluding hydrogens is 306 g/mol. The Balaban J connectivity index is 2.28. The van der Waals surface area contributed by atoms with Crippen molar-refractivity contribution in [3.8, 4) is 0 Å². The fourth-order valence-corrected chi connectivity index (χ4v) is 4.81. The molecule has 118 valence electrons. The van der Waals surface area contributed by atoms with E-state index in [2.05, 4.69) is 4.90 Å². The highest BCUT2D eigenvalue weighted by Gasteiger charge is 2.29. The molecule has 1 aliphatic rings. The molecule has 0 spiro atoms. The first kappa shape index (κ1) is 16.5. The van der Waals surface area contributed by atoms with E-state index in [9.17, 15) is 4.79 Å². The van der Waals surface area contributed by atoms with Gasteiger partial charge in [-0.3, -0.25) is 4.79 Å². The van der Waals surface area contributed by atoms with E-state index in [1.54, 1.807) is 37.9 Å². The second-order valence-electron chi connectivity index (χ2n) is 5.44. The Hall–Kier alpha value is -0.920. The summed E-state index contributed by atoms with van der Waals surface area (Å²) in [4.78, 5) is 17.8. The van der Waals surface area contributed by atoms with Crippen molar-refractivity contribution in [1.82, 2.24) is 4.90 Å². The zero-order valence-electron chi connectivity index (χ0n) is 13.0. The third kappa shape index (κ3) is 3.30. The lowest BCUT2D eigenvalue weighted by Gasteiger charge is -2.18. The lowest BCUT2D eigenvalue weighted by Crippen LogP contribution is -2.21. The molecule has 1 saturated heterocycles. The average molecular weight is 329 g/mol. The number of nitrogens with zero attached hydrogens (tertiary/aromatic N) is 2. The molecule has 0 aromatic carbocycles. The molecule has 0 bridgehead atoms. The number of amides is 1. The molecule has 0 aliphatic carbocycles. The van der Waals surface area contributed by atoms with Gasteiger partial charge in [0.15, 0.2) is 0 Å². The molecule has 5 nitrogen and oxygen atoms in total. The quantitative estimate of drug-likeness (QED) is 0.840. The van der Waals surface area contributed by atoms with Gasteiger partial charge in [0.05, 0.1) is 17.2 Å². The van der Waals surface area contributed by atoms with Gasteiger partial charge in [-0.05, 0) is 12.7 Å². The minimum absolute atomic E-state index is 0.0216. The molecule has 1 fully saturated rings. The van der Waals surface area contributed by atoms with E-state index in [4.69, 9.17) is 10.5 Å². The van der Waals surface area contributed by atoms with Gasteiger partial charge in [-0.1, -0.05) is 0 Å². The second-order valence-corrected chi connectivity index (χ2v) is 7.25. The molecule has 0 saturated carbocycles. The third-order valence-corrected chi connectivity index (χ3v) is 5.87. The zero-order chi connectivity index (χ0) is 15.6. The van der Waals surface area contributed by atoms with E-state index >= 15 is 0 Å². The Bertz CT molecular complexity index is 517. The van der Waals surface area contributed by atoms with Crippen LogP contribution in [0.3, 0.4) is 0 Å². The normalized spacial score (nSPS) is 18.3. The van der Waals surface area contributed by atoms with Crippen LogP contribution in [0.15, 0.2) is 4.90 Å². The summed E-state index contributed by atoms with van der Waals surface area (Å²) in [6, 6.07) is 0. The minimum Gasteiger partial charge on any atom is -0.396 e. The van der Waals surface area contributed by atoms with Crippen LogP contribution in [-0.2, 0) is 4.74 Å². The molecule has 1 atom stereocenters. The van der Waals surface area contributed by atoms with Crippen LogP contribution in [-0.4, -0.2) is 58.0 Å². The summed E-state index contributed by atoms with van der Waals surface area (Å²) in [5.41, 5.74) is 6.83. The van der Waals surface area contributed by atoms with Crippen molar-refractivity contribution in [3.63, 3.8) is 0 Å². The van der Waals surface area contributed by atoms with Gasteiger partial charge in [0.2, 0.25) is 0 Å². The third-order valence-electron chi connectivity index (χ3n) is 3.66. The maximum Gasteiger partial charge on any atom is 0.265 e. The summed E-state index contributed by atoms with van der Waals surface area (Å²) in [6.45, 7) is 2.75. The number of thiophene rings is 1. The van der Waals surface area contributed by atoms with Gasteiger partial charge < -0.3 is 20.3 Å². The fraction of sp³-hybridized carbons (Fsp3) is 0.643. The van der Waals surface area contributed by atoms with Crippen molar-refractivity contribution in [2.24, 2.45) is 5.92 Å². The maximum atomic E-state index is 12.2. The summed E-state index contributed by atoms with van der Waals surface area (Å²) < 4.78 is 5.25. The Labute approximate surface area is 134 Å². The van der Waals surface area contributed by atoms with Gasteiger partial charge in [0.25, 0.3) is 5.91 Å². The van der Waals surface area contributed by atoms with Crippen LogP contribution < -0.4 is 10.6 Å². The lowest BCUT2D eigenvalue weighted by atomic mass is 10.1. The predicted molar refractivity (Wildman–Crippen MR) is 90.7 cm³/mol. The van der Waals surface area contributed by atoms with Crippen LogP contribution in [0.1, 0.15) is 16.1 Å². The molecule has 2 N–H and O–H groups in total. The van der Waals surface area contributed by atoms with Crippen LogP contribution in [0, 0.1) is 5.92 Å². The fourth-order valence-electron chi connectivity index (χ4n) is 2.57. The van der Waals surface area contributed by atoms with Crippen LogP contribution in [0.4, 0.5) is 10.7 Å². The Kier molecular flexibility index (Phi) is 5.40. The van der Waals surface area contributed by atoms with Crippen molar-refractivity contribution in [1.29, 1.82) is 0 Å². The number of rotatable bonds is 5. The van der Waals surface area contributed by atoms with Crippen molar-refractivity contribution in [3.05, 3.63) is 4.88 Å². The van der Waals surface area contributed by atoms with Crippen LogP contribution >= 0.6 is 23.1 Å². The predicted octanol–water partition coefficient (Wildman–Crippen LogP) is 2.23. The molecule has 2 heterocycles. The number of methoxy groups -OCH3 is 1. The topological polar surface area (TPSA) is 58.8 Å². The second kappa shape index (κ2) is 6.89. The van der Waals surface area contributed by atoms with Crippen molar-refractivity contribution >= 4 is 39.7 Å². The largest absolute Gasteiger partial charge is 0.396 e. The van der Waals surface area contributed by atoms with Crippen LogP contribution in [0.5, 0.6) is 0 Å². The standard InChI is InChI=1S/C14H23N3O2S2/c1-16(2)13(18)11-10(15)12(20-4)14(21-11)17-6-5-9(7-17)8-19-3/h9H,5-8,15H2,1-4H3. The van der Waals surface area contributed by atoms with Gasteiger partial charge in [0.1, 0.15) is 9.88 Å². The van der Waals surface area contributed by atoms with Crippen molar-refractivity contribution in [2.75, 3.05) is 57.8 Å². The van der Waals surface area contributed by atoms with Gasteiger partial charge in [-0.15, -0.1) is 23.1 Å². The van der Waals surface area contributed by atoms with Gasteiger partial charge in [-0.25, -0.2) is 0 Å². The molecule has 1 unspecified atom stereocenters. The Morgan fingerprint density at radius 3 is 2.86 bits per heavy atom. The smallest absolute Gasteiger partial charge is 0.265 e. The molecular formula is C14H23N3O2S2. The minimum atomic E-state index is -0.0216. The molecule has 0 radical (unpaired) electrons. The molecule has 1 aromatic rings. The number of ether oxygens (including phenoxy) is 1. The molecule has 21 heavy (non-hydrogen) atoms. The van der Waals surface area contributed by atoms with E-state index in [-0.39, 0.29) is 5.91 Å².